The van der Waals surface area contributed by atoms with E-state index in [1.807, 2.05) is 24.9 Å². The number of anilines is 2. The zero-order chi connectivity index (χ0) is 15.2. The Balaban J connectivity index is 1.99. The standard InChI is InChI=1S/C14H23N7/c1-10(2)12-18-13(15-4)11(3)14(19-12)16-6-5-8-21-9-7-17-20-21/h7,9-10H,5-6,8H2,1-4H3,(H2,15,16,18,19). The third kappa shape index (κ3) is 3.90. The van der Waals surface area contributed by atoms with Crippen LogP contribution < -0.4 is 10.6 Å². The smallest absolute Gasteiger partial charge is 0.135 e. The Morgan fingerprint density at radius 3 is 2.62 bits per heavy atom. The van der Waals surface area contributed by atoms with Gasteiger partial charge in [0.05, 0.1) is 6.20 Å². The van der Waals surface area contributed by atoms with Crippen LogP contribution in [0.2, 0.25) is 0 Å². The maximum Gasteiger partial charge on any atom is 0.135 e. The average Bonchev–Trinajstić information content (AvgIpc) is 2.98. The highest BCUT2D eigenvalue weighted by atomic mass is 15.4. The summed E-state index contributed by atoms with van der Waals surface area (Å²) in [6.45, 7) is 7.89. The normalized spacial score (nSPS) is 10.9. The minimum atomic E-state index is 0.299. The first kappa shape index (κ1) is 15.2. The largest absolute Gasteiger partial charge is 0.373 e. The van der Waals surface area contributed by atoms with Crippen molar-refractivity contribution in [3.05, 3.63) is 23.8 Å². The van der Waals surface area contributed by atoms with Crippen molar-refractivity contribution >= 4 is 11.6 Å². The van der Waals surface area contributed by atoms with Gasteiger partial charge in [0.1, 0.15) is 17.5 Å². The molecule has 2 heterocycles. The molecule has 0 spiro atoms. The average molecular weight is 289 g/mol. The third-order valence-corrected chi connectivity index (χ3v) is 3.24. The highest BCUT2D eigenvalue weighted by Crippen LogP contribution is 2.22. The fourth-order valence-electron chi connectivity index (χ4n) is 2.01. The summed E-state index contributed by atoms with van der Waals surface area (Å²) in [6.07, 6.45) is 4.51. The Bertz CT molecular complexity index is 563. The first-order valence-corrected chi connectivity index (χ1v) is 7.26. The van der Waals surface area contributed by atoms with Gasteiger partial charge in [0.15, 0.2) is 0 Å². The van der Waals surface area contributed by atoms with Gasteiger partial charge in [-0.1, -0.05) is 19.1 Å². The maximum absolute atomic E-state index is 4.62. The molecule has 0 aliphatic rings. The molecule has 0 aromatic carbocycles. The number of nitrogens with one attached hydrogen (secondary N) is 2. The van der Waals surface area contributed by atoms with Gasteiger partial charge < -0.3 is 10.6 Å². The van der Waals surface area contributed by atoms with E-state index in [2.05, 4.69) is 44.8 Å². The molecule has 21 heavy (non-hydrogen) atoms. The van der Waals surface area contributed by atoms with Gasteiger partial charge in [-0.3, -0.25) is 4.68 Å². The summed E-state index contributed by atoms with van der Waals surface area (Å²) in [5.74, 6) is 2.93. The number of hydrogen-bond donors (Lipinski definition) is 2. The molecular weight excluding hydrogens is 266 g/mol. The Morgan fingerprint density at radius 2 is 2.00 bits per heavy atom. The quantitative estimate of drug-likeness (QED) is 0.759. The molecule has 2 rings (SSSR count). The minimum absolute atomic E-state index is 0.299. The van der Waals surface area contributed by atoms with Gasteiger partial charge in [0.25, 0.3) is 0 Å². The van der Waals surface area contributed by atoms with Crippen LogP contribution in [-0.2, 0) is 6.54 Å². The first-order valence-electron chi connectivity index (χ1n) is 7.26. The first-order chi connectivity index (χ1) is 10.1. The van der Waals surface area contributed by atoms with Crippen LogP contribution in [0.3, 0.4) is 0 Å². The van der Waals surface area contributed by atoms with Crippen LogP contribution >= 0.6 is 0 Å². The van der Waals surface area contributed by atoms with Gasteiger partial charge in [-0.2, -0.15) is 0 Å². The second-order valence-corrected chi connectivity index (χ2v) is 5.26. The third-order valence-electron chi connectivity index (χ3n) is 3.24. The second-order valence-electron chi connectivity index (χ2n) is 5.26. The number of nitrogens with zero attached hydrogens (tertiary/aromatic N) is 5. The molecule has 0 unspecified atom stereocenters. The lowest BCUT2D eigenvalue weighted by Crippen LogP contribution is -2.13. The van der Waals surface area contributed by atoms with Crippen LogP contribution in [0.4, 0.5) is 11.6 Å². The molecule has 0 amide bonds. The molecule has 2 aromatic rings. The molecule has 7 heteroatoms. The lowest BCUT2D eigenvalue weighted by atomic mass is 10.2. The van der Waals surface area contributed by atoms with E-state index in [0.29, 0.717) is 5.92 Å². The molecule has 7 nitrogen and oxygen atoms in total. The molecule has 2 aromatic heterocycles. The van der Waals surface area contributed by atoms with E-state index in [0.717, 1.165) is 42.5 Å². The van der Waals surface area contributed by atoms with Crippen LogP contribution in [0.5, 0.6) is 0 Å². The van der Waals surface area contributed by atoms with E-state index >= 15 is 0 Å². The molecule has 0 fully saturated rings. The number of aryl methyl sites for hydroxylation is 1. The monoisotopic (exact) mass is 289 g/mol. The van der Waals surface area contributed by atoms with Crippen LogP contribution in [0.25, 0.3) is 0 Å². The predicted octanol–water partition coefficient (Wildman–Crippen LogP) is 2.04. The van der Waals surface area contributed by atoms with Crippen molar-refractivity contribution in [1.29, 1.82) is 0 Å². The lowest BCUT2D eigenvalue weighted by molar-refractivity contribution is 0.569. The van der Waals surface area contributed by atoms with E-state index in [9.17, 15) is 0 Å². The fourth-order valence-corrected chi connectivity index (χ4v) is 2.01. The van der Waals surface area contributed by atoms with Gasteiger partial charge >= 0.3 is 0 Å². The summed E-state index contributed by atoms with van der Waals surface area (Å²) in [5.41, 5.74) is 1.04. The molecule has 114 valence electrons. The van der Waals surface area contributed by atoms with Crippen molar-refractivity contribution < 1.29 is 0 Å². The SMILES string of the molecule is CNc1nc(C(C)C)nc(NCCCn2ccnn2)c1C. The van der Waals surface area contributed by atoms with Crippen molar-refractivity contribution in [2.45, 2.75) is 39.7 Å². The highest BCUT2D eigenvalue weighted by Gasteiger charge is 2.11. The molecule has 0 saturated carbocycles. The van der Waals surface area contributed by atoms with Crippen LogP contribution in [0.1, 0.15) is 37.6 Å². The zero-order valence-electron chi connectivity index (χ0n) is 13.1. The molecular formula is C14H23N7. The highest BCUT2D eigenvalue weighted by molar-refractivity contribution is 5.57. The molecule has 0 bridgehead atoms. The summed E-state index contributed by atoms with van der Waals surface area (Å²) >= 11 is 0. The van der Waals surface area contributed by atoms with E-state index in [1.165, 1.54) is 0 Å². The van der Waals surface area contributed by atoms with E-state index < -0.39 is 0 Å². The van der Waals surface area contributed by atoms with Crippen molar-refractivity contribution in [1.82, 2.24) is 25.0 Å². The van der Waals surface area contributed by atoms with E-state index in [4.69, 9.17) is 0 Å². The molecule has 0 aliphatic carbocycles. The van der Waals surface area contributed by atoms with Crippen molar-refractivity contribution in [2.24, 2.45) is 0 Å². The van der Waals surface area contributed by atoms with Crippen molar-refractivity contribution in [3.63, 3.8) is 0 Å². The van der Waals surface area contributed by atoms with Gasteiger partial charge in [0.2, 0.25) is 0 Å². The minimum Gasteiger partial charge on any atom is -0.373 e. The number of rotatable bonds is 7. The van der Waals surface area contributed by atoms with Gasteiger partial charge in [-0.05, 0) is 13.3 Å². The van der Waals surface area contributed by atoms with Gasteiger partial charge in [-0.15, -0.1) is 5.10 Å². The molecule has 0 aliphatic heterocycles. The Labute approximate surface area is 125 Å². The molecule has 0 atom stereocenters. The fraction of sp³-hybridized carbons (Fsp3) is 0.571. The Hall–Kier alpha value is -2.18. The summed E-state index contributed by atoms with van der Waals surface area (Å²) in [5, 5.41) is 14.3. The summed E-state index contributed by atoms with van der Waals surface area (Å²) in [7, 11) is 1.88. The summed E-state index contributed by atoms with van der Waals surface area (Å²) < 4.78 is 1.83. The topological polar surface area (TPSA) is 80.5 Å². The molecule has 0 saturated heterocycles. The molecule has 0 radical (unpaired) electrons. The van der Waals surface area contributed by atoms with E-state index in [1.54, 1.807) is 6.20 Å². The summed E-state index contributed by atoms with van der Waals surface area (Å²) in [4.78, 5) is 9.15. The number of hydrogen-bond acceptors (Lipinski definition) is 6. The Morgan fingerprint density at radius 1 is 1.24 bits per heavy atom. The zero-order valence-corrected chi connectivity index (χ0v) is 13.1. The molecule has 2 N–H and O–H groups in total. The Kier molecular flexibility index (Phi) is 5.08. The second kappa shape index (κ2) is 7.01. The van der Waals surface area contributed by atoms with Crippen LogP contribution in [-0.4, -0.2) is 38.6 Å². The van der Waals surface area contributed by atoms with Crippen LogP contribution in [0.15, 0.2) is 12.4 Å². The predicted molar refractivity (Wildman–Crippen MR) is 83.5 cm³/mol. The maximum atomic E-state index is 4.62. The summed E-state index contributed by atoms with van der Waals surface area (Å²) in [6, 6.07) is 0. The van der Waals surface area contributed by atoms with Gasteiger partial charge in [0, 0.05) is 37.8 Å². The lowest BCUT2D eigenvalue weighted by Gasteiger charge is -2.15. The van der Waals surface area contributed by atoms with Gasteiger partial charge in [-0.25, -0.2) is 9.97 Å². The van der Waals surface area contributed by atoms with E-state index in [-0.39, 0.29) is 0 Å². The van der Waals surface area contributed by atoms with Crippen LogP contribution in [0, 0.1) is 6.92 Å². The van der Waals surface area contributed by atoms with Crippen molar-refractivity contribution in [3.8, 4) is 0 Å². The van der Waals surface area contributed by atoms with Crippen molar-refractivity contribution in [2.75, 3.05) is 24.2 Å². The number of aromatic nitrogens is 5.